The molecular formula is C18H16F3N3O2. The standard InChI is InChI=1S/C18H16F3N3O2/c1-3-24-8-7-14-13(17(24)26)10-15(23(14)2)16(25)22-12-6-4-5-11(9-12)18(19,20)21/h4-10H,3H2,1-2H3,(H,22,25). The van der Waals surface area contributed by atoms with Crippen molar-refractivity contribution in [3.8, 4) is 0 Å². The van der Waals surface area contributed by atoms with Crippen molar-refractivity contribution in [3.05, 3.63) is 64.2 Å². The quantitative estimate of drug-likeness (QED) is 0.773. The Morgan fingerprint density at radius 3 is 2.58 bits per heavy atom. The molecule has 136 valence electrons. The Balaban J connectivity index is 1.97. The van der Waals surface area contributed by atoms with Crippen LogP contribution >= 0.6 is 0 Å². The minimum Gasteiger partial charge on any atom is -0.339 e. The summed E-state index contributed by atoms with van der Waals surface area (Å²) < 4.78 is 41.4. The highest BCUT2D eigenvalue weighted by Crippen LogP contribution is 2.30. The number of nitrogens with zero attached hydrogens (tertiary/aromatic N) is 2. The van der Waals surface area contributed by atoms with Gasteiger partial charge in [0.15, 0.2) is 0 Å². The van der Waals surface area contributed by atoms with Gasteiger partial charge in [-0.1, -0.05) is 6.07 Å². The van der Waals surface area contributed by atoms with Crippen molar-refractivity contribution in [2.45, 2.75) is 19.6 Å². The molecular weight excluding hydrogens is 347 g/mol. The Morgan fingerprint density at radius 2 is 1.92 bits per heavy atom. The molecule has 26 heavy (non-hydrogen) atoms. The molecule has 2 aromatic heterocycles. The molecule has 0 saturated carbocycles. The molecule has 0 aliphatic rings. The average molecular weight is 363 g/mol. The lowest BCUT2D eigenvalue weighted by molar-refractivity contribution is -0.137. The summed E-state index contributed by atoms with van der Waals surface area (Å²) in [4.78, 5) is 24.9. The molecule has 0 fully saturated rings. The van der Waals surface area contributed by atoms with Gasteiger partial charge in [0.25, 0.3) is 11.5 Å². The van der Waals surface area contributed by atoms with Gasteiger partial charge < -0.3 is 14.5 Å². The first-order valence-corrected chi connectivity index (χ1v) is 7.90. The molecule has 1 aromatic carbocycles. The predicted octanol–water partition coefficient (Wildman–Crippen LogP) is 3.63. The van der Waals surface area contributed by atoms with E-state index in [-0.39, 0.29) is 16.9 Å². The van der Waals surface area contributed by atoms with Gasteiger partial charge in [0.05, 0.1) is 16.5 Å². The molecule has 1 amide bonds. The Morgan fingerprint density at radius 1 is 1.19 bits per heavy atom. The van der Waals surface area contributed by atoms with Crippen LogP contribution < -0.4 is 10.9 Å². The minimum atomic E-state index is -4.49. The van der Waals surface area contributed by atoms with Crippen molar-refractivity contribution >= 4 is 22.5 Å². The molecule has 1 N–H and O–H groups in total. The van der Waals surface area contributed by atoms with Crippen LogP contribution in [-0.2, 0) is 19.8 Å². The van der Waals surface area contributed by atoms with Crippen LogP contribution in [0.2, 0.25) is 0 Å². The number of hydrogen-bond donors (Lipinski definition) is 1. The zero-order valence-electron chi connectivity index (χ0n) is 14.1. The summed E-state index contributed by atoms with van der Waals surface area (Å²) in [6.45, 7) is 2.33. The summed E-state index contributed by atoms with van der Waals surface area (Å²) in [5, 5.41) is 2.83. The van der Waals surface area contributed by atoms with Gasteiger partial charge in [-0.2, -0.15) is 13.2 Å². The number of aryl methyl sites for hydroxylation is 2. The minimum absolute atomic E-state index is 0.0288. The predicted molar refractivity (Wildman–Crippen MR) is 92.3 cm³/mol. The van der Waals surface area contributed by atoms with Crippen molar-refractivity contribution in [2.24, 2.45) is 7.05 Å². The third-order valence-corrected chi connectivity index (χ3v) is 4.20. The first-order chi connectivity index (χ1) is 12.2. The highest BCUT2D eigenvalue weighted by atomic mass is 19.4. The molecule has 5 nitrogen and oxygen atoms in total. The monoisotopic (exact) mass is 363 g/mol. The van der Waals surface area contributed by atoms with Crippen molar-refractivity contribution in [1.82, 2.24) is 9.13 Å². The molecule has 0 spiro atoms. The van der Waals surface area contributed by atoms with Crippen molar-refractivity contribution in [1.29, 1.82) is 0 Å². The van der Waals surface area contributed by atoms with Crippen molar-refractivity contribution in [2.75, 3.05) is 5.32 Å². The average Bonchev–Trinajstić information content (AvgIpc) is 2.93. The van der Waals surface area contributed by atoms with Gasteiger partial charge in [-0.15, -0.1) is 0 Å². The van der Waals surface area contributed by atoms with E-state index in [4.69, 9.17) is 0 Å². The molecule has 3 aromatic rings. The molecule has 0 unspecified atom stereocenters. The van der Waals surface area contributed by atoms with Gasteiger partial charge >= 0.3 is 6.18 Å². The third kappa shape index (κ3) is 3.10. The van der Waals surface area contributed by atoms with Crippen LogP contribution in [0.1, 0.15) is 23.0 Å². The van der Waals surface area contributed by atoms with Crippen LogP contribution in [0.3, 0.4) is 0 Å². The van der Waals surface area contributed by atoms with E-state index in [1.165, 1.54) is 22.8 Å². The Labute approximate surface area is 146 Å². The second-order valence-electron chi connectivity index (χ2n) is 5.83. The number of halogens is 3. The van der Waals surface area contributed by atoms with Gasteiger partial charge in [0.1, 0.15) is 5.69 Å². The first kappa shape index (κ1) is 17.8. The summed E-state index contributed by atoms with van der Waals surface area (Å²) in [6.07, 6.45) is -2.86. The molecule has 0 saturated heterocycles. The molecule has 0 atom stereocenters. The molecule has 8 heteroatoms. The molecule has 2 heterocycles. The topological polar surface area (TPSA) is 56.0 Å². The second kappa shape index (κ2) is 6.36. The fourth-order valence-corrected chi connectivity index (χ4v) is 2.81. The van der Waals surface area contributed by atoms with Gasteiger partial charge in [0.2, 0.25) is 0 Å². The van der Waals surface area contributed by atoms with E-state index < -0.39 is 17.6 Å². The summed E-state index contributed by atoms with van der Waals surface area (Å²) in [5.41, 5.74) is -0.282. The smallest absolute Gasteiger partial charge is 0.339 e. The van der Waals surface area contributed by atoms with E-state index in [9.17, 15) is 22.8 Å². The fraction of sp³-hybridized carbons (Fsp3) is 0.222. The van der Waals surface area contributed by atoms with Gasteiger partial charge in [-0.05, 0) is 37.3 Å². The SMILES string of the molecule is CCn1ccc2c(cc(C(=O)Nc3cccc(C(F)(F)F)c3)n2C)c1=O. The lowest BCUT2D eigenvalue weighted by atomic mass is 10.2. The number of pyridine rings is 1. The number of carbonyl (C=O) groups is 1. The number of carbonyl (C=O) groups excluding carboxylic acids is 1. The number of hydrogen-bond acceptors (Lipinski definition) is 2. The normalized spacial score (nSPS) is 11.7. The summed E-state index contributed by atoms with van der Waals surface area (Å²) in [6, 6.07) is 7.57. The van der Waals surface area contributed by atoms with Crippen LogP contribution in [0.4, 0.5) is 18.9 Å². The summed E-state index contributed by atoms with van der Waals surface area (Å²) >= 11 is 0. The van der Waals surface area contributed by atoms with E-state index in [0.29, 0.717) is 17.4 Å². The number of fused-ring (bicyclic) bond motifs is 1. The fourth-order valence-electron chi connectivity index (χ4n) is 2.81. The van der Waals surface area contributed by atoms with Gasteiger partial charge in [0, 0.05) is 25.5 Å². The maximum absolute atomic E-state index is 12.8. The van der Waals surface area contributed by atoms with Crippen LogP contribution in [0, 0.1) is 0 Å². The van der Waals surface area contributed by atoms with E-state index in [1.807, 2.05) is 6.92 Å². The lowest BCUT2D eigenvalue weighted by Gasteiger charge is -2.10. The maximum Gasteiger partial charge on any atom is 0.416 e. The molecule has 0 aliphatic heterocycles. The molecule has 0 aliphatic carbocycles. The highest BCUT2D eigenvalue weighted by molar-refractivity contribution is 6.06. The Hall–Kier alpha value is -3.03. The van der Waals surface area contributed by atoms with E-state index >= 15 is 0 Å². The highest BCUT2D eigenvalue weighted by Gasteiger charge is 2.30. The van der Waals surface area contributed by atoms with Crippen LogP contribution in [0.5, 0.6) is 0 Å². The van der Waals surface area contributed by atoms with E-state index in [2.05, 4.69) is 5.32 Å². The van der Waals surface area contributed by atoms with E-state index in [0.717, 1.165) is 12.1 Å². The lowest BCUT2D eigenvalue weighted by Crippen LogP contribution is -2.17. The van der Waals surface area contributed by atoms with Crippen molar-refractivity contribution in [3.63, 3.8) is 0 Å². The molecule has 0 bridgehead atoms. The van der Waals surface area contributed by atoms with Gasteiger partial charge in [-0.25, -0.2) is 0 Å². The Kier molecular flexibility index (Phi) is 4.35. The number of aromatic nitrogens is 2. The largest absolute Gasteiger partial charge is 0.416 e. The number of anilines is 1. The van der Waals surface area contributed by atoms with Crippen LogP contribution in [-0.4, -0.2) is 15.0 Å². The maximum atomic E-state index is 12.8. The van der Waals surface area contributed by atoms with Crippen LogP contribution in [0.15, 0.2) is 47.4 Å². The molecule has 0 radical (unpaired) electrons. The number of rotatable bonds is 3. The first-order valence-electron chi connectivity index (χ1n) is 7.90. The Bertz CT molecular complexity index is 1050. The number of benzene rings is 1. The van der Waals surface area contributed by atoms with Crippen molar-refractivity contribution < 1.29 is 18.0 Å². The van der Waals surface area contributed by atoms with Gasteiger partial charge in [-0.3, -0.25) is 9.59 Å². The second-order valence-corrected chi connectivity index (χ2v) is 5.83. The van der Waals surface area contributed by atoms with E-state index in [1.54, 1.807) is 23.9 Å². The molecule has 3 rings (SSSR count). The summed E-state index contributed by atoms with van der Waals surface area (Å²) in [7, 11) is 1.62. The zero-order valence-corrected chi connectivity index (χ0v) is 14.1. The summed E-state index contributed by atoms with van der Waals surface area (Å²) in [5.74, 6) is -0.592. The number of alkyl halides is 3. The zero-order chi connectivity index (χ0) is 19.1. The number of amides is 1. The third-order valence-electron chi connectivity index (χ3n) is 4.20. The number of nitrogens with one attached hydrogen (secondary N) is 1. The van der Waals surface area contributed by atoms with Crippen LogP contribution in [0.25, 0.3) is 10.9 Å².